The summed E-state index contributed by atoms with van der Waals surface area (Å²) in [6.45, 7) is 10.1. The van der Waals surface area contributed by atoms with Crippen molar-refractivity contribution in [2.75, 3.05) is 0 Å². The van der Waals surface area contributed by atoms with Crippen molar-refractivity contribution >= 4 is 0 Å². The molecule has 3 aromatic rings. The van der Waals surface area contributed by atoms with Gasteiger partial charge in [-0.15, -0.1) is 0 Å². The van der Waals surface area contributed by atoms with Gasteiger partial charge in [0.05, 0.1) is 11.4 Å². The van der Waals surface area contributed by atoms with Gasteiger partial charge < -0.3 is 0 Å². The van der Waals surface area contributed by atoms with Crippen molar-refractivity contribution < 1.29 is 0 Å². The molecule has 1 heterocycles. The lowest BCUT2D eigenvalue weighted by atomic mass is 10.1. The number of aryl methyl sites for hydroxylation is 1. The van der Waals surface area contributed by atoms with Crippen LogP contribution in [-0.4, -0.2) is 10.2 Å². The van der Waals surface area contributed by atoms with Gasteiger partial charge in [0, 0.05) is 5.56 Å². The second kappa shape index (κ2) is 9.56. The quantitative estimate of drug-likeness (QED) is 0.607. The summed E-state index contributed by atoms with van der Waals surface area (Å²) in [5.74, 6) is 0. The normalized spacial score (nSPS) is 9.14. The largest absolute Gasteiger partial charge is 0.277 e. The van der Waals surface area contributed by atoms with E-state index in [2.05, 4.69) is 59.6 Å². The molecule has 0 amide bonds. The number of benzene rings is 2. The number of nitrogens with one attached hydrogen (secondary N) is 1. The Morgan fingerprint density at radius 3 is 2.00 bits per heavy atom. The number of nitrogens with zero attached hydrogens (tertiary/aromatic N) is 1. The first kappa shape index (κ1) is 17.7. The molecule has 1 N–H and O–H groups in total. The molecule has 0 aliphatic heterocycles. The molecule has 0 saturated heterocycles. The van der Waals surface area contributed by atoms with Gasteiger partial charge in [-0.05, 0) is 24.6 Å². The molecule has 0 unspecified atom stereocenters. The average Bonchev–Trinajstić information content (AvgIpc) is 3.09. The smallest absolute Gasteiger partial charge is 0.0927 e. The summed E-state index contributed by atoms with van der Waals surface area (Å²) in [6.07, 6.45) is 0. The molecule has 1 aromatic heterocycles. The van der Waals surface area contributed by atoms with Crippen LogP contribution in [0.4, 0.5) is 0 Å². The number of aromatic amines is 1. The predicted molar refractivity (Wildman–Crippen MR) is 96.9 cm³/mol. The summed E-state index contributed by atoms with van der Waals surface area (Å²) in [5, 5.41) is 7.47. The Balaban J connectivity index is 0.000000561. The minimum atomic E-state index is 0.984. The molecule has 2 aromatic carbocycles. The molecule has 0 fully saturated rings. The molecule has 0 bridgehead atoms. The van der Waals surface area contributed by atoms with Gasteiger partial charge in [-0.1, -0.05) is 81.8 Å². The summed E-state index contributed by atoms with van der Waals surface area (Å²) < 4.78 is 0. The lowest BCUT2D eigenvalue weighted by Crippen LogP contribution is -1.78. The van der Waals surface area contributed by atoms with Crippen LogP contribution in [0.3, 0.4) is 0 Å². The molecule has 2 nitrogen and oxygen atoms in total. The van der Waals surface area contributed by atoms with Crippen LogP contribution in [0.25, 0.3) is 22.5 Å². The number of H-pyrrole nitrogens is 1. The van der Waals surface area contributed by atoms with E-state index in [4.69, 9.17) is 0 Å². The molecular weight excluding hydrogens is 268 g/mol. The molecule has 0 radical (unpaired) electrons. The summed E-state index contributed by atoms with van der Waals surface area (Å²) in [4.78, 5) is 0. The fourth-order valence-corrected chi connectivity index (χ4v) is 2.04. The Labute approximate surface area is 134 Å². The maximum Gasteiger partial charge on any atom is 0.0927 e. The molecular formula is C20H26N2. The van der Waals surface area contributed by atoms with Crippen molar-refractivity contribution in [2.45, 2.75) is 34.6 Å². The molecule has 22 heavy (non-hydrogen) atoms. The number of hydrogen-bond donors (Lipinski definition) is 1. The van der Waals surface area contributed by atoms with Crippen LogP contribution < -0.4 is 0 Å². The van der Waals surface area contributed by atoms with E-state index in [-0.39, 0.29) is 0 Å². The van der Waals surface area contributed by atoms with Gasteiger partial charge in [-0.25, -0.2) is 0 Å². The van der Waals surface area contributed by atoms with Crippen LogP contribution in [0.1, 0.15) is 33.3 Å². The highest BCUT2D eigenvalue weighted by atomic mass is 15.1. The molecule has 0 aliphatic carbocycles. The van der Waals surface area contributed by atoms with Crippen LogP contribution in [-0.2, 0) is 0 Å². The number of hydrogen-bond acceptors (Lipinski definition) is 1. The SMILES string of the molecule is CC.CC.Cc1cccc(-c2cc(-c3ccccc3)[nH]n2)c1. The first-order chi connectivity index (χ1) is 10.8. The van der Waals surface area contributed by atoms with E-state index in [0.29, 0.717) is 0 Å². The third-order valence-corrected chi connectivity index (χ3v) is 2.98. The topological polar surface area (TPSA) is 28.7 Å². The lowest BCUT2D eigenvalue weighted by Gasteiger charge is -1.97. The molecule has 0 atom stereocenters. The van der Waals surface area contributed by atoms with Crippen LogP contribution >= 0.6 is 0 Å². The zero-order chi connectivity index (χ0) is 16.4. The Hall–Kier alpha value is -2.35. The van der Waals surface area contributed by atoms with Crippen LogP contribution in [0.2, 0.25) is 0 Å². The second-order valence-electron chi connectivity index (χ2n) is 4.40. The highest BCUT2D eigenvalue weighted by Gasteiger charge is 2.05. The van der Waals surface area contributed by atoms with Crippen molar-refractivity contribution in [1.29, 1.82) is 0 Å². The highest BCUT2D eigenvalue weighted by Crippen LogP contribution is 2.23. The minimum Gasteiger partial charge on any atom is -0.277 e. The van der Waals surface area contributed by atoms with E-state index in [1.54, 1.807) is 0 Å². The second-order valence-corrected chi connectivity index (χ2v) is 4.40. The van der Waals surface area contributed by atoms with Crippen molar-refractivity contribution in [3.8, 4) is 22.5 Å². The maximum absolute atomic E-state index is 4.38. The maximum atomic E-state index is 4.38. The molecule has 0 saturated carbocycles. The predicted octanol–water partition coefficient (Wildman–Crippen LogP) is 6.10. The molecule has 3 rings (SSSR count). The number of rotatable bonds is 2. The Bertz CT molecular complexity index is 654. The average molecular weight is 294 g/mol. The monoisotopic (exact) mass is 294 g/mol. The van der Waals surface area contributed by atoms with Gasteiger partial charge >= 0.3 is 0 Å². The summed E-state index contributed by atoms with van der Waals surface area (Å²) in [5.41, 5.74) is 5.58. The third-order valence-electron chi connectivity index (χ3n) is 2.98. The molecule has 0 aliphatic rings. The van der Waals surface area contributed by atoms with Gasteiger partial charge in [0.25, 0.3) is 0 Å². The van der Waals surface area contributed by atoms with E-state index in [1.165, 1.54) is 5.56 Å². The van der Waals surface area contributed by atoms with E-state index in [1.807, 2.05) is 45.9 Å². The summed E-state index contributed by atoms with van der Waals surface area (Å²) in [7, 11) is 0. The Morgan fingerprint density at radius 2 is 1.36 bits per heavy atom. The van der Waals surface area contributed by atoms with Gasteiger partial charge in [0.1, 0.15) is 0 Å². The zero-order valence-electron chi connectivity index (χ0n) is 14.2. The Kier molecular flexibility index (Phi) is 7.69. The minimum absolute atomic E-state index is 0.984. The fourth-order valence-electron chi connectivity index (χ4n) is 2.04. The van der Waals surface area contributed by atoms with Crippen molar-refractivity contribution in [2.24, 2.45) is 0 Å². The van der Waals surface area contributed by atoms with Gasteiger partial charge in [0.15, 0.2) is 0 Å². The fraction of sp³-hybridized carbons (Fsp3) is 0.250. The van der Waals surface area contributed by atoms with E-state index in [0.717, 1.165) is 22.5 Å². The third kappa shape index (κ3) is 4.59. The first-order valence-electron chi connectivity index (χ1n) is 8.01. The molecule has 0 spiro atoms. The van der Waals surface area contributed by atoms with Crippen molar-refractivity contribution in [3.63, 3.8) is 0 Å². The van der Waals surface area contributed by atoms with Crippen LogP contribution in [0.15, 0.2) is 60.7 Å². The highest BCUT2D eigenvalue weighted by molar-refractivity contribution is 5.68. The molecule has 2 heteroatoms. The lowest BCUT2D eigenvalue weighted by molar-refractivity contribution is 1.10. The van der Waals surface area contributed by atoms with Crippen molar-refractivity contribution in [3.05, 3.63) is 66.2 Å². The van der Waals surface area contributed by atoms with E-state index >= 15 is 0 Å². The van der Waals surface area contributed by atoms with E-state index < -0.39 is 0 Å². The zero-order valence-corrected chi connectivity index (χ0v) is 14.2. The van der Waals surface area contributed by atoms with Crippen LogP contribution in [0.5, 0.6) is 0 Å². The van der Waals surface area contributed by atoms with Gasteiger partial charge in [-0.2, -0.15) is 5.10 Å². The van der Waals surface area contributed by atoms with E-state index in [9.17, 15) is 0 Å². The van der Waals surface area contributed by atoms with Gasteiger partial charge in [-0.3, -0.25) is 5.10 Å². The standard InChI is InChI=1S/C16H14N2.2C2H6/c1-12-6-5-9-14(10-12)16-11-15(17-18-16)13-7-3-2-4-8-13;2*1-2/h2-11H,1H3,(H,17,18);2*1-2H3. The van der Waals surface area contributed by atoms with Crippen LogP contribution in [0, 0.1) is 6.92 Å². The van der Waals surface area contributed by atoms with Gasteiger partial charge in [0.2, 0.25) is 0 Å². The Morgan fingerprint density at radius 1 is 0.727 bits per heavy atom. The summed E-state index contributed by atoms with van der Waals surface area (Å²) in [6, 6.07) is 20.7. The molecule has 116 valence electrons. The van der Waals surface area contributed by atoms with Crippen molar-refractivity contribution in [1.82, 2.24) is 10.2 Å². The number of aromatic nitrogens is 2. The summed E-state index contributed by atoms with van der Waals surface area (Å²) >= 11 is 0. The first-order valence-corrected chi connectivity index (χ1v) is 8.01.